The van der Waals surface area contributed by atoms with Crippen LogP contribution in [-0.4, -0.2) is 96.7 Å². The van der Waals surface area contributed by atoms with Gasteiger partial charge in [0.15, 0.2) is 12.2 Å². The molecule has 0 aromatic rings. The Morgan fingerprint density at radius 2 is 0.447 bits per heavy atom. The summed E-state index contributed by atoms with van der Waals surface area (Å²) >= 11 is 0. The molecule has 0 aromatic heterocycles. The minimum Gasteiger partial charge on any atom is -0.462 e. The van der Waals surface area contributed by atoms with Crippen LogP contribution in [0.1, 0.15) is 376 Å². The van der Waals surface area contributed by atoms with Crippen LogP contribution in [0.2, 0.25) is 0 Å². The van der Waals surface area contributed by atoms with Crippen LogP contribution in [0.4, 0.5) is 0 Å². The van der Waals surface area contributed by atoms with E-state index in [1.54, 1.807) is 0 Å². The van der Waals surface area contributed by atoms with Crippen molar-refractivity contribution in [1.29, 1.82) is 0 Å². The van der Waals surface area contributed by atoms with Crippen LogP contribution in [-0.2, 0) is 65.4 Å². The predicted molar refractivity (Wildman–Crippen MR) is 381 cm³/mol. The largest absolute Gasteiger partial charge is 0.472 e. The van der Waals surface area contributed by atoms with Crippen LogP contribution >= 0.6 is 15.6 Å². The second-order valence-electron chi connectivity index (χ2n) is 28.9. The Hall–Kier alpha value is -1.94. The molecule has 19 heteroatoms. The van der Waals surface area contributed by atoms with E-state index in [1.807, 2.05) is 0 Å². The molecule has 0 aliphatic carbocycles. The third-order valence-corrected chi connectivity index (χ3v) is 19.2. The van der Waals surface area contributed by atoms with Gasteiger partial charge in [0.1, 0.15) is 19.3 Å². The highest BCUT2D eigenvalue weighted by Crippen LogP contribution is 2.45. The van der Waals surface area contributed by atoms with E-state index in [1.165, 1.54) is 173 Å². The van der Waals surface area contributed by atoms with Crippen LogP contribution in [0, 0.1) is 23.7 Å². The van der Waals surface area contributed by atoms with Crippen molar-refractivity contribution < 1.29 is 80.2 Å². The normalized spacial score (nSPS) is 14.2. The monoisotopic (exact) mass is 1380 g/mol. The molecule has 0 radical (unpaired) electrons. The van der Waals surface area contributed by atoms with E-state index in [9.17, 15) is 43.2 Å². The van der Waals surface area contributed by atoms with Gasteiger partial charge in [0.25, 0.3) is 0 Å². The number of carbonyl (C=O) groups excluding carboxylic acids is 4. The second-order valence-corrected chi connectivity index (χ2v) is 31.9. The van der Waals surface area contributed by atoms with Crippen LogP contribution in [0.25, 0.3) is 0 Å². The SMILES string of the molecule is CC(C)CCCCCCCCCCCCCCCCCCCCC(=O)O[C@H](COC(=O)CCCCCCCCCC(C)C)COP(=O)(O)OCC(O)COP(=O)(O)OC[C@@H](COC(=O)CCCCCCCCCCCCCC(C)C)OC(=O)CCCCCCCCC(C)C. The van der Waals surface area contributed by atoms with Gasteiger partial charge in [0, 0.05) is 25.7 Å². The van der Waals surface area contributed by atoms with Crippen LogP contribution in [0.3, 0.4) is 0 Å². The van der Waals surface area contributed by atoms with E-state index in [-0.39, 0.29) is 25.7 Å². The summed E-state index contributed by atoms with van der Waals surface area (Å²) in [6, 6.07) is 0. The highest BCUT2D eigenvalue weighted by molar-refractivity contribution is 7.47. The van der Waals surface area contributed by atoms with E-state index in [0.29, 0.717) is 37.5 Å². The van der Waals surface area contributed by atoms with Crippen molar-refractivity contribution in [3.8, 4) is 0 Å². The summed E-state index contributed by atoms with van der Waals surface area (Å²) in [5.41, 5.74) is 0. The second kappa shape index (κ2) is 64.4. The number of rotatable bonds is 72. The molecule has 0 aromatic carbocycles. The van der Waals surface area contributed by atoms with E-state index < -0.39 is 97.5 Å². The van der Waals surface area contributed by atoms with Crippen LogP contribution < -0.4 is 0 Å². The number of carbonyl (C=O) groups is 4. The molecule has 94 heavy (non-hydrogen) atoms. The van der Waals surface area contributed by atoms with E-state index in [0.717, 1.165) is 108 Å². The Morgan fingerprint density at radius 1 is 0.266 bits per heavy atom. The molecule has 3 N–H and O–H groups in total. The van der Waals surface area contributed by atoms with Crippen molar-refractivity contribution >= 4 is 39.5 Å². The highest BCUT2D eigenvalue weighted by atomic mass is 31.2. The van der Waals surface area contributed by atoms with Gasteiger partial charge in [-0.05, 0) is 49.4 Å². The molecule has 5 atom stereocenters. The first kappa shape index (κ1) is 92.1. The number of ether oxygens (including phenoxy) is 4. The minimum absolute atomic E-state index is 0.102. The minimum atomic E-state index is -4.96. The Labute approximate surface area is 575 Å². The summed E-state index contributed by atoms with van der Waals surface area (Å²) in [5, 5.41) is 10.6. The highest BCUT2D eigenvalue weighted by Gasteiger charge is 2.30. The summed E-state index contributed by atoms with van der Waals surface area (Å²) in [4.78, 5) is 72.6. The zero-order valence-corrected chi connectivity index (χ0v) is 63.4. The zero-order chi connectivity index (χ0) is 69.6. The van der Waals surface area contributed by atoms with Gasteiger partial charge in [-0.15, -0.1) is 0 Å². The molecule has 0 heterocycles. The lowest BCUT2D eigenvalue weighted by Gasteiger charge is -2.21. The zero-order valence-electron chi connectivity index (χ0n) is 61.6. The summed E-state index contributed by atoms with van der Waals surface area (Å²) in [6.45, 7) is 14.1. The molecule has 0 bridgehead atoms. The molecule has 0 rings (SSSR count). The average Bonchev–Trinajstić information content (AvgIpc) is 1.21. The molecular formula is C75H146O17P2. The molecule has 0 amide bonds. The Morgan fingerprint density at radius 3 is 0.660 bits per heavy atom. The van der Waals surface area contributed by atoms with E-state index in [2.05, 4.69) is 55.4 Å². The van der Waals surface area contributed by atoms with Gasteiger partial charge in [-0.1, -0.05) is 325 Å². The summed E-state index contributed by atoms with van der Waals surface area (Å²) in [5.74, 6) is 0.837. The summed E-state index contributed by atoms with van der Waals surface area (Å²) < 4.78 is 68.4. The number of phosphoric ester groups is 2. The van der Waals surface area contributed by atoms with Crippen molar-refractivity contribution in [2.45, 2.75) is 395 Å². The Kier molecular flexibility index (Phi) is 63.1. The van der Waals surface area contributed by atoms with Gasteiger partial charge in [-0.25, -0.2) is 9.13 Å². The van der Waals surface area contributed by atoms with Crippen molar-refractivity contribution in [3.63, 3.8) is 0 Å². The third kappa shape index (κ3) is 68.6. The van der Waals surface area contributed by atoms with Gasteiger partial charge in [-0.2, -0.15) is 0 Å². The third-order valence-electron chi connectivity index (χ3n) is 17.3. The van der Waals surface area contributed by atoms with Gasteiger partial charge in [0.05, 0.1) is 26.4 Å². The first-order valence-corrected chi connectivity index (χ1v) is 41.7. The Balaban J connectivity index is 5.15. The fourth-order valence-corrected chi connectivity index (χ4v) is 13.0. The first-order chi connectivity index (χ1) is 45.1. The lowest BCUT2D eigenvalue weighted by molar-refractivity contribution is -0.161. The predicted octanol–water partition coefficient (Wildman–Crippen LogP) is 21.7. The van der Waals surface area contributed by atoms with E-state index in [4.69, 9.17) is 37.0 Å². The molecule has 0 spiro atoms. The fourth-order valence-electron chi connectivity index (χ4n) is 11.4. The molecule has 17 nitrogen and oxygen atoms in total. The smallest absolute Gasteiger partial charge is 0.462 e. The van der Waals surface area contributed by atoms with Crippen LogP contribution in [0.15, 0.2) is 0 Å². The van der Waals surface area contributed by atoms with Gasteiger partial charge >= 0.3 is 39.5 Å². The maximum atomic E-state index is 13.0. The van der Waals surface area contributed by atoms with Crippen molar-refractivity contribution in [3.05, 3.63) is 0 Å². The van der Waals surface area contributed by atoms with Gasteiger partial charge < -0.3 is 33.8 Å². The molecule has 0 aliphatic rings. The van der Waals surface area contributed by atoms with Gasteiger partial charge in [-0.3, -0.25) is 37.3 Å². The number of phosphoric acid groups is 2. The fraction of sp³-hybridized carbons (Fsp3) is 0.947. The Bertz CT molecular complexity index is 1850. The average molecular weight is 1380 g/mol. The maximum absolute atomic E-state index is 13.0. The van der Waals surface area contributed by atoms with Crippen molar-refractivity contribution in [2.75, 3.05) is 39.6 Å². The first-order valence-electron chi connectivity index (χ1n) is 38.7. The topological polar surface area (TPSA) is 237 Å². The van der Waals surface area contributed by atoms with E-state index >= 15 is 0 Å². The lowest BCUT2D eigenvalue weighted by atomic mass is 10.0. The van der Waals surface area contributed by atoms with Gasteiger partial charge in [0.2, 0.25) is 0 Å². The lowest BCUT2D eigenvalue weighted by Crippen LogP contribution is -2.30. The van der Waals surface area contributed by atoms with Crippen LogP contribution in [0.5, 0.6) is 0 Å². The number of aliphatic hydroxyl groups excluding tert-OH is 1. The van der Waals surface area contributed by atoms with Crippen molar-refractivity contribution in [1.82, 2.24) is 0 Å². The molecule has 558 valence electrons. The quantitative estimate of drug-likeness (QED) is 0.0222. The molecular weight excluding hydrogens is 1230 g/mol. The standard InChI is InChI=1S/C75H146O17P2/c1-65(2)51-43-35-27-22-18-15-13-11-9-10-12-14-16-20-25-31-41-49-57-74(79)91-70(61-86-73(78)56-48-40-32-26-29-37-45-53-67(5)6)63-89-93(81,82)87-59-69(76)60-88-94(83,84)90-64-71(92-75(80)58-50-42-34-33-38-46-54-68(7)8)62-85-72(77)55-47-39-30-24-21-17-19-23-28-36-44-52-66(3)4/h65-71,76H,9-64H2,1-8H3,(H,81,82)(H,83,84)/t69?,70-,71-/m1/s1. The molecule has 3 unspecified atom stereocenters. The number of hydrogen-bond donors (Lipinski definition) is 3. The molecule has 0 fully saturated rings. The number of aliphatic hydroxyl groups is 1. The number of esters is 4. The van der Waals surface area contributed by atoms with Crippen molar-refractivity contribution in [2.24, 2.45) is 23.7 Å². The summed E-state index contributed by atoms with van der Waals surface area (Å²) in [6.07, 6.45) is 49.0. The number of unbranched alkanes of at least 4 members (excludes halogenated alkanes) is 38. The maximum Gasteiger partial charge on any atom is 0.472 e. The molecule has 0 saturated heterocycles. The number of hydrogen-bond acceptors (Lipinski definition) is 15. The summed E-state index contributed by atoms with van der Waals surface area (Å²) in [7, 11) is -9.91. The molecule has 0 aliphatic heterocycles. The molecule has 0 saturated carbocycles.